The van der Waals surface area contributed by atoms with Gasteiger partial charge in [0.1, 0.15) is 0 Å². The van der Waals surface area contributed by atoms with E-state index in [0.717, 1.165) is 6.07 Å². The molecule has 0 bridgehead atoms. The van der Waals surface area contributed by atoms with Gasteiger partial charge in [0.25, 0.3) is 5.91 Å². The van der Waals surface area contributed by atoms with Crippen LogP contribution < -0.4 is 5.43 Å². The first-order valence-corrected chi connectivity index (χ1v) is 6.72. The van der Waals surface area contributed by atoms with E-state index in [2.05, 4.69) is 5.10 Å². The minimum absolute atomic E-state index is 0.0782. The standard InChI is InChI=1S/C14H12ClN3O4/c1-2-17(14(21)22)13(20)12-11(19)7-8-18(16-12)10-5-3-9(15)4-6-10/h3-8H,2H2,1H3,(H,21,22). The number of hydrogen-bond donors (Lipinski definition) is 1. The zero-order valence-electron chi connectivity index (χ0n) is 11.6. The number of carbonyl (C=O) groups excluding carboxylic acids is 1. The monoisotopic (exact) mass is 321 g/mol. The average Bonchev–Trinajstić information content (AvgIpc) is 2.49. The van der Waals surface area contributed by atoms with Crippen LogP contribution in [0.4, 0.5) is 4.79 Å². The van der Waals surface area contributed by atoms with Crippen LogP contribution >= 0.6 is 11.6 Å². The van der Waals surface area contributed by atoms with Crippen molar-refractivity contribution in [3.8, 4) is 5.69 Å². The molecule has 8 heteroatoms. The normalized spacial score (nSPS) is 10.3. The van der Waals surface area contributed by atoms with Gasteiger partial charge in [-0.25, -0.2) is 14.4 Å². The first-order chi connectivity index (χ1) is 10.4. The zero-order valence-corrected chi connectivity index (χ0v) is 12.3. The largest absolute Gasteiger partial charge is 0.465 e. The highest BCUT2D eigenvalue weighted by Gasteiger charge is 2.24. The maximum Gasteiger partial charge on any atom is 0.414 e. The lowest BCUT2D eigenvalue weighted by atomic mass is 10.3. The van der Waals surface area contributed by atoms with Crippen LogP contribution in [0.2, 0.25) is 5.02 Å². The summed E-state index contributed by atoms with van der Waals surface area (Å²) in [5, 5.41) is 13.4. The molecule has 1 aromatic carbocycles. The number of hydrogen-bond acceptors (Lipinski definition) is 4. The van der Waals surface area contributed by atoms with Gasteiger partial charge < -0.3 is 5.11 Å². The SMILES string of the molecule is CCN(C(=O)O)C(=O)c1nn(-c2ccc(Cl)cc2)ccc1=O. The quantitative estimate of drug-likeness (QED) is 0.933. The second-order valence-corrected chi connectivity index (χ2v) is 4.72. The number of nitrogens with zero attached hydrogens (tertiary/aromatic N) is 3. The first-order valence-electron chi connectivity index (χ1n) is 6.34. The predicted molar refractivity (Wildman–Crippen MR) is 79.6 cm³/mol. The summed E-state index contributed by atoms with van der Waals surface area (Å²) in [7, 11) is 0. The number of rotatable bonds is 3. The van der Waals surface area contributed by atoms with Gasteiger partial charge in [-0.2, -0.15) is 5.10 Å². The van der Waals surface area contributed by atoms with E-state index >= 15 is 0 Å². The lowest BCUT2D eigenvalue weighted by Crippen LogP contribution is -2.39. The van der Waals surface area contributed by atoms with Crippen molar-refractivity contribution < 1.29 is 14.7 Å². The third kappa shape index (κ3) is 3.15. The van der Waals surface area contributed by atoms with Crippen LogP contribution in [-0.2, 0) is 0 Å². The fraction of sp³-hybridized carbons (Fsp3) is 0.143. The maximum atomic E-state index is 12.1. The van der Waals surface area contributed by atoms with Gasteiger partial charge in [-0.15, -0.1) is 0 Å². The van der Waals surface area contributed by atoms with Crippen molar-refractivity contribution in [1.29, 1.82) is 0 Å². The molecule has 0 saturated carbocycles. The Bertz CT molecular complexity index is 770. The van der Waals surface area contributed by atoms with Gasteiger partial charge in [0, 0.05) is 23.8 Å². The van der Waals surface area contributed by atoms with Gasteiger partial charge in [-0.1, -0.05) is 11.6 Å². The Labute approximate surface area is 130 Å². The van der Waals surface area contributed by atoms with Crippen molar-refractivity contribution in [2.24, 2.45) is 0 Å². The van der Waals surface area contributed by atoms with E-state index in [1.54, 1.807) is 24.3 Å². The Morgan fingerprint density at radius 1 is 1.27 bits per heavy atom. The van der Waals surface area contributed by atoms with Crippen LogP contribution in [0.3, 0.4) is 0 Å². The number of carboxylic acid groups (broad SMARTS) is 1. The summed E-state index contributed by atoms with van der Waals surface area (Å²) in [5.41, 5.74) is -0.520. The molecule has 114 valence electrons. The fourth-order valence-corrected chi connectivity index (χ4v) is 1.91. The summed E-state index contributed by atoms with van der Waals surface area (Å²) in [6.07, 6.45) is -0.0463. The molecule has 1 N–H and O–H groups in total. The molecule has 0 atom stereocenters. The molecule has 2 aromatic rings. The van der Waals surface area contributed by atoms with Gasteiger partial charge in [0.2, 0.25) is 5.43 Å². The fourth-order valence-electron chi connectivity index (χ4n) is 1.79. The molecule has 1 heterocycles. The lowest BCUT2D eigenvalue weighted by molar-refractivity contribution is 0.0742. The van der Waals surface area contributed by atoms with Crippen molar-refractivity contribution in [2.45, 2.75) is 6.92 Å². The Hall–Kier alpha value is -2.67. The van der Waals surface area contributed by atoms with Crippen LogP contribution in [0.15, 0.2) is 41.3 Å². The van der Waals surface area contributed by atoms with E-state index in [1.165, 1.54) is 17.8 Å². The van der Waals surface area contributed by atoms with Crippen molar-refractivity contribution in [2.75, 3.05) is 6.54 Å². The van der Waals surface area contributed by atoms with Crippen LogP contribution in [-0.4, -0.2) is 38.3 Å². The number of benzene rings is 1. The average molecular weight is 322 g/mol. The topological polar surface area (TPSA) is 92.5 Å². The molecule has 0 spiro atoms. The lowest BCUT2D eigenvalue weighted by Gasteiger charge is -2.14. The minimum Gasteiger partial charge on any atom is -0.465 e. The molecule has 0 aliphatic rings. The molecule has 7 nitrogen and oxygen atoms in total. The third-order valence-electron chi connectivity index (χ3n) is 2.89. The van der Waals surface area contributed by atoms with E-state index in [4.69, 9.17) is 16.7 Å². The first kappa shape index (κ1) is 15.7. The number of halogens is 1. The number of amides is 2. The molecule has 2 amide bonds. The zero-order chi connectivity index (χ0) is 16.3. The molecule has 2 rings (SSSR count). The summed E-state index contributed by atoms with van der Waals surface area (Å²) in [4.78, 5) is 35.5. The maximum absolute atomic E-state index is 12.1. The van der Waals surface area contributed by atoms with Crippen LogP contribution in [0.5, 0.6) is 0 Å². The molecule has 0 unspecified atom stereocenters. The predicted octanol–water partition coefficient (Wildman–Crippen LogP) is 2.03. The molecule has 0 aliphatic heterocycles. The van der Waals surface area contributed by atoms with Gasteiger partial charge >= 0.3 is 6.09 Å². The smallest absolute Gasteiger partial charge is 0.414 e. The number of carbonyl (C=O) groups is 2. The number of imide groups is 1. The van der Waals surface area contributed by atoms with Gasteiger partial charge in [0.15, 0.2) is 5.69 Å². The van der Waals surface area contributed by atoms with E-state index < -0.39 is 23.1 Å². The Morgan fingerprint density at radius 2 is 1.91 bits per heavy atom. The summed E-state index contributed by atoms with van der Waals surface area (Å²) >= 11 is 5.80. The second-order valence-electron chi connectivity index (χ2n) is 4.28. The molecule has 0 aliphatic carbocycles. The Kier molecular flexibility index (Phi) is 4.57. The van der Waals surface area contributed by atoms with Crippen molar-refractivity contribution >= 4 is 23.6 Å². The van der Waals surface area contributed by atoms with Gasteiger partial charge in [0.05, 0.1) is 5.69 Å². The summed E-state index contributed by atoms with van der Waals surface area (Å²) in [6, 6.07) is 7.73. The minimum atomic E-state index is -1.43. The molecule has 0 radical (unpaired) electrons. The highest BCUT2D eigenvalue weighted by molar-refractivity contribution is 6.30. The number of aromatic nitrogens is 2. The molecule has 0 fully saturated rings. The molecule has 22 heavy (non-hydrogen) atoms. The summed E-state index contributed by atoms with van der Waals surface area (Å²) < 4.78 is 1.31. The van der Waals surface area contributed by atoms with Crippen LogP contribution in [0.25, 0.3) is 5.69 Å². The van der Waals surface area contributed by atoms with Crippen molar-refractivity contribution in [3.63, 3.8) is 0 Å². The molecule has 0 saturated heterocycles. The highest BCUT2D eigenvalue weighted by Crippen LogP contribution is 2.12. The Morgan fingerprint density at radius 3 is 2.45 bits per heavy atom. The highest BCUT2D eigenvalue weighted by atomic mass is 35.5. The van der Waals surface area contributed by atoms with E-state index in [0.29, 0.717) is 15.6 Å². The molecular weight excluding hydrogens is 310 g/mol. The van der Waals surface area contributed by atoms with Crippen molar-refractivity contribution in [3.05, 3.63) is 57.5 Å². The summed E-state index contributed by atoms with van der Waals surface area (Å²) in [6.45, 7) is 1.41. The van der Waals surface area contributed by atoms with Gasteiger partial charge in [-0.3, -0.25) is 9.59 Å². The van der Waals surface area contributed by atoms with E-state index in [9.17, 15) is 14.4 Å². The van der Waals surface area contributed by atoms with E-state index in [-0.39, 0.29) is 6.54 Å². The second kappa shape index (κ2) is 6.40. The summed E-state index contributed by atoms with van der Waals surface area (Å²) in [5.74, 6) is -0.955. The third-order valence-corrected chi connectivity index (χ3v) is 3.15. The molecule has 1 aromatic heterocycles. The Balaban J connectivity index is 2.47. The van der Waals surface area contributed by atoms with Crippen LogP contribution in [0.1, 0.15) is 17.4 Å². The van der Waals surface area contributed by atoms with Gasteiger partial charge in [-0.05, 0) is 31.2 Å². The van der Waals surface area contributed by atoms with Crippen LogP contribution in [0, 0.1) is 0 Å². The van der Waals surface area contributed by atoms with E-state index in [1.807, 2.05) is 0 Å². The molecular formula is C14H12ClN3O4. The van der Waals surface area contributed by atoms with Crippen molar-refractivity contribution in [1.82, 2.24) is 14.7 Å².